The lowest BCUT2D eigenvalue weighted by Gasteiger charge is -2.11. The van der Waals surface area contributed by atoms with Gasteiger partial charge in [0.2, 0.25) is 0 Å². The fraction of sp³-hybridized carbons (Fsp3) is 0.385. The molecule has 0 aliphatic carbocycles. The van der Waals surface area contributed by atoms with Crippen LogP contribution in [0.15, 0.2) is 23.4 Å². The maximum Gasteiger partial charge on any atom is 0.251 e. The second-order valence-corrected chi connectivity index (χ2v) is 4.51. The Labute approximate surface area is 107 Å². The van der Waals surface area contributed by atoms with Crippen molar-refractivity contribution in [3.8, 4) is 0 Å². The molecule has 1 aromatic carbocycles. The number of nitrogens with two attached hydrogens (primary N) is 1. The van der Waals surface area contributed by atoms with Gasteiger partial charge in [-0.05, 0) is 26.0 Å². The number of carbonyl (C=O) groups is 1. The minimum atomic E-state index is -0.204. The highest BCUT2D eigenvalue weighted by atomic mass is 16.4. The zero-order valence-electron chi connectivity index (χ0n) is 10.9. The Morgan fingerprint density at radius 3 is 2.44 bits per heavy atom. The molecule has 1 atom stereocenters. The van der Waals surface area contributed by atoms with E-state index in [1.165, 1.54) is 0 Å². The summed E-state index contributed by atoms with van der Waals surface area (Å²) in [6, 6.07) is 5.67. The van der Waals surface area contributed by atoms with Crippen LogP contribution in [0.3, 0.4) is 0 Å². The molecule has 0 saturated heterocycles. The molecule has 0 saturated carbocycles. The molecule has 0 aromatic heterocycles. The Morgan fingerprint density at radius 2 is 1.94 bits per heavy atom. The van der Waals surface area contributed by atoms with Crippen LogP contribution < -0.4 is 11.1 Å². The molecule has 98 valence electrons. The molecule has 5 heteroatoms. The average Bonchev–Trinajstić information content (AvgIpc) is 2.33. The first-order chi connectivity index (χ1) is 8.43. The second-order valence-electron chi connectivity index (χ2n) is 4.51. The van der Waals surface area contributed by atoms with Gasteiger partial charge in [-0.1, -0.05) is 29.3 Å². The van der Waals surface area contributed by atoms with E-state index >= 15 is 0 Å². The third-order valence-electron chi connectivity index (χ3n) is 2.67. The van der Waals surface area contributed by atoms with E-state index in [1.807, 2.05) is 32.0 Å². The lowest BCUT2D eigenvalue weighted by Crippen LogP contribution is -2.34. The first kappa shape index (κ1) is 14.0. The summed E-state index contributed by atoms with van der Waals surface area (Å²) in [6.07, 6.45) is 0. The second kappa shape index (κ2) is 6.05. The number of rotatable bonds is 4. The number of aryl methyl sites for hydroxylation is 2. The number of hydrogen-bond acceptors (Lipinski definition) is 3. The summed E-state index contributed by atoms with van der Waals surface area (Å²) in [5.41, 5.74) is 8.15. The third kappa shape index (κ3) is 3.76. The monoisotopic (exact) mass is 249 g/mol. The largest absolute Gasteiger partial charge is 0.409 e. The summed E-state index contributed by atoms with van der Waals surface area (Å²) in [4.78, 5) is 11.9. The van der Waals surface area contributed by atoms with Crippen molar-refractivity contribution in [2.75, 3.05) is 6.54 Å². The normalized spacial score (nSPS) is 13.2. The summed E-state index contributed by atoms with van der Waals surface area (Å²) in [5, 5.41) is 14.2. The summed E-state index contributed by atoms with van der Waals surface area (Å²) in [7, 11) is 0. The van der Waals surface area contributed by atoms with E-state index in [1.54, 1.807) is 6.92 Å². The summed E-state index contributed by atoms with van der Waals surface area (Å²) >= 11 is 0. The van der Waals surface area contributed by atoms with Crippen molar-refractivity contribution in [1.82, 2.24) is 5.32 Å². The molecule has 0 aliphatic rings. The molecule has 1 unspecified atom stereocenters. The van der Waals surface area contributed by atoms with E-state index < -0.39 is 0 Å². The zero-order chi connectivity index (χ0) is 13.7. The standard InChI is InChI=1S/C13H19N3O2/c1-8-4-9(2)6-11(5-8)13(17)15-7-10(3)12(14)16-18/h4-6,10,18H,7H2,1-3H3,(H2,14,16)(H,15,17). The van der Waals surface area contributed by atoms with E-state index in [0.29, 0.717) is 12.1 Å². The van der Waals surface area contributed by atoms with Gasteiger partial charge < -0.3 is 16.3 Å². The number of amides is 1. The van der Waals surface area contributed by atoms with Gasteiger partial charge in [-0.25, -0.2) is 0 Å². The van der Waals surface area contributed by atoms with Crippen LogP contribution in [-0.2, 0) is 0 Å². The van der Waals surface area contributed by atoms with E-state index in [-0.39, 0.29) is 17.7 Å². The molecule has 0 bridgehead atoms. The van der Waals surface area contributed by atoms with Crippen molar-refractivity contribution in [2.45, 2.75) is 20.8 Å². The van der Waals surface area contributed by atoms with Gasteiger partial charge in [0.05, 0.1) is 0 Å². The molecular formula is C13H19N3O2. The molecule has 0 heterocycles. The van der Waals surface area contributed by atoms with Gasteiger partial charge in [0, 0.05) is 18.0 Å². The van der Waals surface area contributed by atoms with Crippen molar-refractivity contribution >= 4 is 11.7 Å². The molecule has 1 amide bonds. The van der Waals surface area contributed by atoms with Crippen molar-refractivity contribution in [2.24, 2.45) is 16.8 Å². The van der Waals surface area contributed by atoms with E-state index in [0.717, 1.165) is 11.1 Å². The quantitative estimate of drug-likeness (QED) is 0.326. The van der Waals surface area contributed by atoms with Crippen molar-refractivity contribution in [3.63, 3.8) is 0 Å². The number of nitrogens with one attached hydrogen (secondary N) is 1. The predicted molar refractivity (Wildman–Crippen MR) is 70.8 cm³/mol. The van der Waals surface area contributed by atoms with Crippen LogP contribution >= 0.6 is 0 Å². The number of carbonyl (C=O) groups excluding carboxylic acids is 1. The van der Waals surface area contributed by atoms with Crippen LogP contribution in [0.2, 0.25) is 0 Å². The molecule has 0 spiro atoms. The first-order valence-electron chi connectivity index (χ1n) is 5.78. The molecule has 0 fully saturated rings. The Hall–Kier alpha value is -2.04. The average molecular weight is 249 g/mol. The summed E-state index contributed by atoms with van der Waals surface area (Å²) in [5.74, 6) is -0.250. The summed E-state index contributed by atoms with van der Waals surface area (Å²) in [6.45, 7) is 6.00. The highest BCUT2D eigenvalue weighted by Crippen LogP contribution is 2.08. The van der Waals surface area contributed by atoms with Gasteiger partial charge in [-0.2, -0.15) is 0 Å². The van der Waals surface area contributed by atoms with E-state index in [4.69, 9.17) is 10.9 Å². The van der Waals surface area contributed by atoms with Crippen molar-refractivity contribution in [3.05, 3.63) is 34.9 Å². The molecule has 1 rings (SSSR count). The SMILES string of the molecule is Cc1cc(C)cc(C(=O)NCC(C)C(N)=NO)c1. The van der Waals surface area contributed by atoms with E-state index in [2.05, 4.69) is 10.5 Å². The molecule has 1 aromatic rings. The van der Waals surface area contributed by atoms with Crippen LogP contribution in [-0.4, -0.2) is 23.5 Å². The highest BCUT2D eigenvalue weighted by molar-refractivity contribution is 5.95. The number of oxime groups is 1. The van der Waals surface area contributed by atoms with Gasteiger partial charge >= 0.3 is 0 Å². The summed E-state index contributed by atoms with van der Waals surface area (Å²) < 4.78 is 0. The van der Waals surface area contributed by atoms with Crippen LogP contribution in [0.4, 0.5) is 0 Å². The van der Waals surface area contributed by atoms with Gasteiger partial charge in [0.15, 0.2) is 0 Å². The molecule has 0 aliphatic heterocycles. The Balaban J connectivity index is 2.66. The topological polar surface area (TPSA) is 87.7 Å². The van der Waals surface area contributed by atoms with Gasteiger partial charge in [0.1, 0.15) is 5.84 Å². The lowest BCUT2D eigenvalue weighted by atomic mass is 10.1. The van der Waals surface area contributed by atoms with E-state index in [9.17, 15) is 4.79 Å². The minimum Gasteiger partial charge on any atom is -0.409 e. The number of nitrogens with zero attached hydrogens (tertiary/aromatic N) is 1. The Bertz CT molecular complexity index is 449. The van der Waals surface area contributed by atoms with Gasteiger partial charge in [-0.15, -0.1) is 0 Å². The Morgan fingerprint density at radius 1 is 1.39 bits per heavy atom. The smallest absolute Gasteiger partial charge is 0.251 e. The first-order valence-corrected chi connectivity index (χ1v) is 5.78. The minimum absolute atomic E-state index is 0.107. The van der Waals surface area contributed by atoms with Crippen LogP contribution in [0, 0.1) is 19.8 Å². The fourth-order valence-electron chi connectivity index (χ4n) is 1.66. The van der Waals surface area contributed by atoms with Crippen LogP contribution in [0.5, 0.6) is 0 Å². The van der Waals surface area contributed by atoms with Crippen LogP contribution in [0.1, 0.15) is 28.4 Å². The van der Waals surface area contributed by atoms with Gasteiger partial charge in [-0.3, -0.25) is 4.79 Å². The third-order valence-corrected chi connectivity index (χ3v) is 2.67. The maximum absolute atomic E-state index is 11.9. The number of hydrogen-bond donors (Lipinski definition) is 3. The van der Waals surface area contributed by atoms with Crippen molar-refractivity contribution in [1.29, 1.82) is 0 Å². The lowest BCUT2D eigenvalue weighted by molar-refractivity contribution is 0.0951. The maximum atomic E-state index is 11.9. The fourth-order valence-corrected chi connectivity index (χ4v) is 1.66. The molecular weight excluding hydrogens is 230 g/mol. The van der Waals surface area contributed by atoms with Gasteiger partial charge in [0.25, 0.3) is 5.91 Å². The number of benzene rings is 1. The molecule has 4 N–H and O–H groups in total. The molecule has 18 heavy (non-hydrogen) atoms. The number of amidine groups is 1. The zero-order valence-corrected chi connectivity index (χ0v) is 10.9. The molecule has 5 nitrogen and oxygen atoms in total. The predicted octanol–water partition coefficient (Wildman–Crippen LogP) is 1.42. The molecule has 0 radical (unpaired) electrons. The van der Waals surface area contributed by atoms with Crippen LogP contribution in [0.25, 0.3) is 0 Å². The highest BCUT2D eigenvalue weighted by Gasteiger charge is 2.11. The van der Waals surface area contributed by atoms with Crippen molar-refractivity contribution < 1.29 is 10.0 Å². The Kier molecular flexibility index (Phi) is 4.71.